The van der Waals surface area contributed by atoms with Crippen molar-refractivity contribution in [3.63, 3.8) is 0 Å². The molecule has 0 amide bonds. The molecule has 1 unspecified atom stereocenters. The fraction of sp³-hybridized carbons (Fsp3) is 0.167. The Morgan fingerprint density at radius 2 is 1.48 bits per heavy atom. The number of fused-ring (bicyclic) bond motifs is 2. The summed E-state index contributed by atoms with van der Waals surface area (Å²) in [4.78, 5) is 0. The number of aliphatic hydroxyl groups excluding tert-OH is 1. The molecule has 134 valence electrons. The molecule has 27 heavy (non-hydrogen) atoms. The van der Waals surface area contributed by atoms with E-state index in [0.29, 0.717) is 5.56 Å². The first kappa shape index (κ1) is 16.2. The molecule has 1 spiro atoms. The van der Waals surface area contributed by atoms with Gasteiger partial charge in [0.2, 0.25) is 0 Å². The zero-order chi connectivity index (χ0) is 18.6. The van der Waals surface area contributed by atoms with Crippen LogP contribution in [-0.2, 0) is 12.8 Å². The van der Waals surface area contributed by atoms with Crippen LogP contribution in [0.5, 0.6) is 11.5 Å². The van der Waals surface area contributed by atoms with Gasteiger partial charge in [0, 0.05) is 11.0 Å². The molecular formula is C24H20O3. The zero-order valence-corrected chi connectivity index (χ0v) is 14.8. The van der Waals surface area contributed by atoms with Crippen LogP contribution in [0.4, 0.5) is 0 Å². The van der Waals surface area contributed by atoms with Crippen molar-refractivity contribution in [2.24, 2.45) is 5.41 Å². The Morgan fingerprint density at radius 1 is 0.815 bits per heavy atom. The summed E-state index contributed by atoms with van der Waals surface area (Å²) in [7, 11) is 0. The van der Waals surface area contributed by atoms with Crippen molar-refractivity contribution in [1.29, 1.82) is 0 Å². The first-order valence-corrected chi connectivity index (χ1v) is 9.17. The summed E-state index contributed by atoms with van der Waals surface area (Å²) in [6.07, 6.45) is 2.80. The minimum absolute atomic E-state index is 0.143. The van der Waals surface area contributed by atoms with Crippen LogP contribution in [0.15, 0.2) is 66.7 Å². The molecule has 0 aromatic heterocycles. The molecule has 2 aliphatic carbocycles. The van der Waals surface area contributed by atoms with Crippen molar-refractivity contribution >= 4 is 11.6 Å². The van der Waals surface area contributed by atoms with Crippen LogP contribution in [0.1, 0.15) is 33.9 Å². The van der Waals surface area contributed by atoms with Gasteiger partial charge in [0.05, 0.1) is 6.10 Å². The van der Waals surface area contributed by atoms with Crippen LogP contribution in [0.3, 0.4) is 0 Å². The molecule has 0 heterocycles. The highest BCUT2D eigenvalue weighted by Gasteiger charge is 2.53. The Labute approximate surface area is 157 Å². The van der Waals surface area contributed by atoms with E-state index in [1.54, 1.807) is 18.2 Å². The van der Waals surface area contributed by atoms with Gasteiger partial charge in [-0.3, -0.25) is 0 Å². The Hall–Kier alpha value is -3.04. The number of aromatic hydroxyl groups is 2. The van der Waals surface area contributed by atoms with Crippen LogP contribution >= 0.6 is 0 Å². The number of rotatable bonds is 1. The summed E-state index contributed by atoms with van der Waals surface area (Å²) < 4.78 is 0. The van der Waals surface area contributed by atoms with E-state index >= 15 is 0 Å². The van der Waals surface area contributed by atoms with Crippen molar-refractivity contribution in [1.82, 2.24) is 0 Å². The molecule has 0 saturated carbocycles. The fourth-order valence-electron chi connectivity index (χ4n) is 4.75. The lowest BCUT2D eigenvalue weighted by molar-refractivity contribution is 0.0787. The van der Waals surface area contributed by atoms with Gasteiger partial charge >= 0.3 is 0 Å². The van der Waals surface area contributed by atoms with Gasteiger partial charge in [-0.15, -0.1) is 0 Å². The van der Waals surface area contributed by atoms with Crippen molar-refractivity contribution in [2.45, 2.75) is 18.9 Å². The lowest BCUT2D eigenvalue weighted by Crippen LogP contribution is -2.26. The largest absolute Gasteiger partial charge is 0.508 e. The number of hydrogen-bond acceptors (Lipinski definition) is 3. The quantitative estimate of drug-likeness (QED) is 0.603. The van der Waals surface area contributed by atoms with Gasteiger partial charge in [-0.05, 0) is 58.9 Å². The fourth-order valence-corrected chi connectivity index (χ4v) is 4.75. The van der Waals surface area contributed by atoms with Crippen molar-refractivity contribution in [3.05, 3.63) is 94.5 Å². The minimum atomic E-state index is -0.760. The molecule has 0 fully saturated rings. The van der Waals surface area contributed by atoms with E-state index < -0.39 is 11.5 Å². The topological polar surface area (TPSA) is 60.7 Å². The third-order valence-corrected chi connectivity index (χ3v) is 6.04. The lowest BCUT2D eigenvalue weighted by atomic mass is 9.75. The number of hydrogen-bond donors (Lipinski definition) is 3. The molecule has 2 aliphatic rings. The van der Waals surface area contributed by atoms with Crippen molar-refractivity contribution in [3.8, 4) is 11.5 Å². The molecule has 0 aliphatic heterocycles. The van der Waals surface area contributed by atoms with Crippen molar-refractivity contribution < 1.29 is 15.3 Å². The number of phenolic OH excluding ortho intramolecular Hbond substituents is 2. The molecule has 3 nitrogen and oxygen atoms in total. The molecule has 1 atom stereocenters. The highest BCUT2D eigenvalue weighted by Crippen LogP contribution is 2.62. The Bertz CT molecular complexity index is 1040. The molecular weight excluding hydrogens is 336 g/mol. The van der Waals surface area contributed by atoms with Crippen LogP contribution in [0.25, 0.3) is 11.6 Å². The van der Waals surface area contributed by atoms with Gasteiger partial charge in [-0.2, -0.15) is 0 Å². The van der Waals surface area contributed by atoms with Gasteiger partial charge in [0.15, 0.2) is 0 Å². The molecule has 3 aromatic rings. The molecule has 0 bridgehead atoms. The average molecular weight is 356 g/mol. The van der Waals surface area contributed by atoms with Gasteiger partial charge in [-0.25, -0.2) is 0 Å². The second-order valence-electron chi connectivity index (χ2n) is 7.57. The van der Waals surface area contributed by atoms with Crippen LogP contribution in [0.2, 0.25) is 0 Å². The summed E-state index contributed by atoms with van der Waals surface area (Å²) >= 11 is 0. The predicted molar refractivity (Wildman–Crippen MR) is 105 cm³/mol. The molecule has 5 rings (SSSR count). The summed E-state index contributed by atoms with van der Waals surface area (Å²) in [6.45, 7) is 0. The lowest BCUT2D eigenvalue weighted by Gasteiger charge is -2.30. The first-order chi connectivity index (χ1) is 13.1. The van der Waals surface area contributed by atoms with Gasteiger partial charge in [-0.1, -0.05) is 54.6 Å². The average Bonchev–Trinajstić information content (AvgIpc) is 3.16. The molecule has 3 heteroatoms. The number of aliphatic hydroxyl groups is 1. The van der Waals surface area contributed by atoms with E-state index in [4.69, 9.17) is 0 Å². The predicted octanol–water partition coefficient (Wildman–Crippen LogP) is 4.47. The molecule has 0 saturated heterocycles. The minimum Gasteiger partial charge on any atom is -0.508 e. The van der Waals surface area contributed by atoms with E-state index in [1.807, 2.05) is 36.4 Å². The second kappa shape index (κ2) is 5.73. The monoisotopic (exact) mass is 356 g/mol. The van der Waals surface area contributed by atoms with E-state index in [9.17, 15) is 15.3 Å². The van der Waals surface area contributed by atoms with E-state index in [0.717, 1.165) is 29.5 Å². The van der Waals surface area contributed by atoms with Crippen LogP contribution < -0.4 is 0 Å². The summed E-state index contributed by atoms with van der Waals surface area (Å²) in [5.41, 5.74) is 5.55. The maximum atomic E-state index is 11.3. The van der Waals surface area contributed by atoms with E-state index in [2.05, 4.69) is 18.2 Å². The van der Waals surface area contributed by atoms with Crippen molar-refractivity contribution in [2.75, 3.05) is 0 Å². The SMILES string of the molecule is Oc1ccc(C=C2c3cccc(O)c3C(O)C23Cc2ccccc2C3)cc1. The van der Waals surface area contributed by atoms with Crippen LogP contribution in [-0.4, -0.2) is 15.3 Å². The Morgan fingerprint density at radius 3 is 2.15 bits per heavy atom. The smallest absolute Gasteiger partial charge is 0.122 e. The normalized spacial score (nSPS) is 20.8. The third kappa shape index (κ3) is 2.32. The summed E-state index contributed by atoms with van der Waals surface area (Å²) in [6, 6.07) is 20.8. The standard InChI is InChI=1S/C24H20O3/c25-18-10-8-15(9-11-18)12-20-19-6-3-7-21(26)22(19)23(27)24(20)13-16-4-1-2-5-17(16)14-24/h1-12,23,25-27H,13-14H2. The van der Waals surface area contributed by atoms with Gasteiger partial charge in [0.25, 0.3) is 0 Å². The molecule has 3 N–H and O–H groups in total. The highest BCUT2D eigenvalue weighted by atomic mass is 16.3. The second-order valence-corrected chi connectivity index (χ2v) is 7.57. The maximum Gasteiger partial charge on any atom is 0.122 e. The highest BCUT2D eigenvalue weighted by molar-refractivity contribution is 5.91. The van der Waals surface area contributed by atoms with E-state index in [1.165, 1.54) is 11.1 Å². The van der Waals surface area contributed by atoms with Gasteiger partial charge < -0.3 is 15.3 Å². The summed E-state index contributed by atoms with van der Waals surface area (Å²) in [5, 5.41) is 31.4. The maximum absolute atomic E-state index is 11.3. The van der Waals surface area contributed by atoms with E-state index in [-0.39, 0.29) is 11.5 Å². The third-order valence-electron chi connectivity index (χ3n) is 6.04. The molecule has 3 aromatic carbocycles. The van der Waals surface area contributed by atoms with Crippen LogP contribution in [0, 0.1) is 5.41 Å². The Balaban J connectivity index is 1.72. The first-order valence-electron chi connectivity index (χ1n) is 9.17. The Kier molecular flexibility index (Phi) is 3.43. The van der Waals surface area contributed by atoms with Gasteiger partial charge in [0.1, 0.15) is 11.5 Å². The summed E-state index contributed by atoms with van der Waals surface area (Å²) in [5.74, 6) is 0.370. The number of benzene rings is 3. The zero-order valence-electron chi connectivity index (χ0n) is 14.8. The number of phenols is 2. The molecule has 0 radical (unpaired) electrons.